The fourth-order valence-electron chi connectivity index (χ4n) is 1.14. The van der Waals surface area contributed by atoms with Gasteiger partial charge in [0.15, 0.2) is 0 Å². The maximum absolute atomic E-state index is 12.9. The van der Waals surface area contributed by atoms with Crippen LogP contribution >= 0.6 is 0 Å². The Bertz CT molecular complexity index is 421. The summed E-state index contributed by atoms with van der Waals surface area (Å²) in [5.41, 5.74) is -2.62. The number of hydrogen-bond donors (Lipinski definition) is 2. The molecule has 8 heteroatoms. The highest BCUT2D eigenvalue weighted by Crippen LogP contribution is 2.44. The lowest BCUT2D eigenvalue weighted by Gasteiger charge is -2.19. The number of H-pyrrole nitrogens is 1. The zero-order chi connectivity index (χ0) is 12.7. The summed E-state index contributed by atoms with van der Waals surface area (Å²) in [4.78, 5) is 11.9. The van der Waals surface area contributed by atoms with Crippen LogP contribution in [0, 0.1) is 6.92 Å². The van der Waals surface area contributed by atoms with Gasteiger partial charge in [0.2, 0.25) is 0 Å². The summed E-state index contributed by atoms with van der Waals surface area (Å²) in [6, 6.07) is 0.720. The molecule has 0 amide bonds. The van der Waals surface area contributed by atoms with Gasteiger partial charge < -0.3 is 10.1 Å². The minimum Gasteiger partial charge on any atom is -0.477 e. The lowest BCUT2D eigenvalue weighted by molar-refractivity contribution is -0.291. The van der Waals surface area contributed by atoms with Crippen molar-refractivity contribution in [1.29, 1.82) is 0 Å². The second kappa shape index (κ2) is 3.46. The van der Waals surface area contributed by atoms with Crippen molar-refractivity contribution in [2.45, 2.75) is 19.0 Å². The number of nitrogens with one attached hydrogen (secondary N) is 1. The number of aryl methyl sites for hydroxylation is 1. The molecule has 0 saturated heterocycles. The van der Waals surface area contributed by atoms with E-state index in [1.807, 2.05) is 0 Å². The number of halogens is 5. The molecule has 0 aliphatic heterocycles. The van der Waals surface area contributed by atoms with Gasteiger partial charge in [0, 0.05) is 0 Å². The Labute approximate surface area is 85.9 Å². The maximum atomic E-state index is 12.9. The molecule has 2 N–H and O–H groups in total. The molecule has 90 valence electrons. The van der Waals surface area contributed by atoms with E-state index in [4.69, 9.17) is 5.11 Å². The summed E-state index contributed by atoms with van der Waals surface area (Å²) >= 11 is 0. The molecule has 0 saturated carbocycles. The first-order chi connectivity index (χ1) is 7.07. The molecule has 0 aliphatic carbocycles. The van der Waals surface area contributed by atoms with Gasteiger partial charge in [-0.15, -0.1) is 0 Å². The molecule has 0 spiro atoms. The number of hydrogen-bond acceptors (Lipinski definition) is 1. The van der Waals surface area contributed by atoms with E-state index in [1.165, 1.54) is 0 Å². The van der Waals surface area contributed by atoms with Crippen LogP contribution in [0.2, 0.25) is 0 Å². The molecule has 0 aliphatic rings. The average molecular weight is 243 g/mol. The lowest BCUT2D eigenvalue weighted by Crippen LogP contribution is -2.34. The highest BCUT2D eigenvalue weighted by molar-refractivity contribution is 5.86. The molecule has 0 aromatic carbocycles. The molecule has 0 atom stereocenters. The molecule has 3 nitrogen and oxygen atoms in total. The second-order valence-electron chi connectivity index (χ2n) is 3.12. The smallest absolute Gasteiger partial charge is 0.459 e. The fourth-order valence-corrected chi connectivity index (χ4v) is 1.14. The van der Waals surface area contributed by atoms with Crippen LogP contribution in [-0.4, -0.2) is 22.2 Å². The molecule has 1 rings (SSSR count). The minimum atomic E-state index is -5.77. The first-order valence-corrected chi connectivity index (χ1v) is 3.95. The van der Waals surface area contributed by atoms with Gasteiger partial charge in [0.25, 0.3) is 0 Å². The van der Waals surface area contributed by atoms with Crippen molar-refractivity contribution in [3.05, 3.63) is 23.0 Å². The number of aromatic nitrogens is 1. The van der Waals surface area contributed by atoms with Gasteiger partial charge in [-0.05, 0) is 18.6 Å². The highest BCUT2D eigenvalue weighted by atomic mass is 19.4. The third kappa shape index (κ3) is 1.86. The van der Waals surface area contributed by atoms with Crippen LogP contribution < -0.4 is 0 Å². The van der Waals surface area contributed by atoms with Crippen molar-refractivity contribution in [2.75, 3.05) is 0 Å². The summed E-state index contributed by atoms with van der Waals surface area (Å²) in [6.07, 6.45) is -5.77. The van der Waals surface area contributed by atoms with Gasteiger partial charge in [-0.1, -0.05) is 0 Å². The molecular formula is C8H6F5NO2. The van der Waals surface area contributed by atoms with Crippen molar-refractivity contribution in [3.8, 4) is 0 Å². The minimum absolute atomic E-state index is 0.459. The highest BCUT2D eigenvalue weighted by Gasteiger charge is 2.60. The van der Waals surface area contributed by atoms with Gasteiger partial charge in [-0.3, -0.25) is 0 Å². The predicted octanol–water partition coefficient (Wildman–Crippen LogP) is 2.68. The molecule has 16 heavy (non-hydrogen) atoms. The molecule has 1 aromatic rings. The number of aromatic amines is 1. The zero-order valence-electron chi connectivity index (χ0n) is 7.82. The van der Waals surface area contributed by atoms with Crippen molar-refractivity contribution >= 4 is 5.97 Å². The number of carboxylic acid groups (broad SMARTS) is 1. The predicted molar refractivity (Wildman–Crippen MR) is 42.4 cm³/mol. The van der Waals surface area contributed by atoms with Gasteiger partial charge in [-0.25, -0.2) is 4.79 Å². The van der Waals surface area contributed by atoms with Crippen LogP contribution in [0.3, 0.4) is 0 Å². The standard InChI is InChI=1S/C8H6F5NO2/c1-3-2-4(6(15)16)14-5(3)7(9,10)8(11,12)13/h2,14H,1H3,(H,15,16). The quantitative estimate of drug-likeness (QED) is 0.784. The fraction of sp³-hybridized carbons (Fsp3) is 0.375. The monoisotopic (exact) mass is 243 g/mol. The van der Waals surface area contributed by atoms with Crippen molar-refractivity contribution in [1.82, 2.24) is 4.98 Å². The topological polar surface area (TPSA) is 53.1 Å². The van der Waals surface area contributed by atoms with Crippen LogP contribution in [0.5, 0.6) is 0 Å². The largest absolute Gasteiger partial charge is 0.477 e. The summed E-state index contributed by atoms with van der Waals surface area (Å²) < 4.78 is 61.7. The van der Waals surface area contributed by atoms with Crippen LogP contribution in [0.15, 0.2) is 6.07 Å². The number of carboxylic acids is 1. The van der Waals surface area contributed by atoms with E-state index in [0.717, 1.165) is 13.0 Å². The third-order valence-electron chi connectivity index (χ3n) is 1.92. The summed E-state index contributed by atoms with van der Waals surface area (Å²) in [5.74, 6) is -6.70. The SMILES string of the molecule is Cc1cc(C(=O)O)[nH]c1C(F)(F)C(F)(F)F. The van der Waals surface area contributed by atoms with Gasteiger partial charge in [0.1, 0.15) is 5.69 Å². The van der Waals surface area contributed by atoms with Crippen LogP contribution in [0.25, 0.3) is 0 Å². The molecule has 1 aromatic heterocycles. The van der Waals surface area contributed by atoms with E-state index in [-0.39, 0.29) is 0 Å². The van der Waals surface area contributed by atoms with Gasteiger partial charge >= 0.3 is 18.1 Å². The first-order valence-electron chi connectivity index (χ1n) is 3.95. The van der Waals surface area contributed by atoms with E-state index in [1.54, 1.807) is 4.98 Å². The molecule has 0 radical (unpaired) electrons. The number of aromatic carboxylic acids is 1. The Morgan fingerprint density at radius 3 is 2.12 bits per heavy atom. The van der Waals surface area contributed by atoms with Crippen molar-refractivity contribution < 1.29 is 31.9 Å². The Kier molecular flexibility index (Phi) is 2.70. The summed E-state index contributed by atoms with van der Waals surface area (Å²) in [7, 11) is 0. The maximum Gasteiger partial charge on any atom is 0.459 e. The summed E-state index contributed by atoms with van der Waals surface area (Å²) in [6.45, 7) is 0.970. The summed E-state index contributed by atoms with van der Waals surface area (Å²) in [5, 5.41) is 8.43. The Balaban J connectivity index is 3.29. The Hall–Kier alpha value is -1.60. The van der Waals surface area contributed by atoms with E-state index in [2.05, 4.69) is 0 Å². The third-order valence-corrected chi connectivity index (χ3v) is 1.92. The van der Waals surface area contributed by atoms with E-state index in [9.17, 15) is 26.7 Å². The van der Waals surface area contributed by atoms with Crippen LogP contribution in [-0.2, 0) is 5.92 Å². The lowest BCUT2D eigenvalue weighted by atomic mass is 10.1. The first kappa shape index (κ1) is 12.5. The Morgan fingerprint density at radius 2 is 1.81 bits per heavy atom. The molecule has 0 unspecified atom stereocenters. The normalized spacial score (nSPS) is 12.9. The van der Waals surface area contributed by atoms with Crippen LogP contribution in [0.1, 0.15) is 21.7 Å². The molecule has 0 fully saturated rings. The molecular weight excluding hydrogens is 237 g/mol. The van der Waals surface area contributed by atoms with Crippen molar-refractivity contribution in [2.24, 2.45) is 0 Å². The van der Waals surface area contributed by atoms with E-state index < -0.39 is 35.0 Å². The van der Waals surface area contributed by atoms with E-state index >= 15 is 0 Å². The van der Waals surface area contributed by atoms with Crippen LogP contribution in [0.4, 0.5) is 22.0 Å². The Morgan fingerprint density at radius 1 is 1.31 bits per heavy atom. The average Bonchev–Trinajstić information content (AvgIpc) is 2.45. The van der Waals surface area contributed by atoms with Gasteiger partial charge in [0.05, 0.1) is 5.69 Å². The van der Waals surface area contributed by atoms with E-state index in [0.29, 0.717) is 0 Å². The zero-order valence-corrected chi connectivity index (χ0v) is 7.82. The second-order valence-corrected chi connectivity index (χ2v) is 3.12. The van der Waals surface area contributed by atoms with Crippen molar-refractivity contribution in [3.63, 3.8) is 0 Å². The van der Waals surface area contributed by atoms with Gasteiger partial charge in [-0.2, -0.15) is 22.0 Å². The molecule has 1 heterocycles. The molecule has 0 bridgehead atoms. The number of alkyl halides is 5. The number of carbonyl (C=O) groups is 1. The number of rotatable bonds is 2.